The molecule has 0 spiro atoms. The van der Waals surface area contributed by atoms with E-state index in [1.807, 2.05) is 14.2 Å². The SMILES string of the molecule is CCCCCCCCCCCCCC[N+](C)(CCCCCCCCCCCCCC)CCC[Si](OC)OC.[Cl-]. The smallest absolute Gasteiger partial charge is 0.384 e. The van der Waals surface area contributed by atoms with Crippen molar-refractivity contribution in [3.63, 3.8) is 0 Å². The quantitative estimate of drug-likeness (QED) is 0.0449. The van der Waals surface area contributed by atoms with Crippen molar-refractivity contribution in [2.75, 3.05) is 40.9 Å². The minimum absolute atomic E-state index is 0. The second-order valence-electron chi connectivity index (χ2n) is 12.5. The van der Waals surface area contributed by atoms with Gasteiger partial charge in [0.1, 0.15) is 0 Å². The highest BCUT2D eigenvalue weighted by Gasteiger charge is 2.22. The molecular weight excluding hydrogens is 518 g/mol. The molecule has 0 amide bonds. The lowest BCUT2D eigenvalue weighted by Crippen LogP contribution is -3.00. The van der Waals surface area contributed by atoms with E-state index in [0.717, 1.165) is 6.04 Å². The summed E-state index contributed by atoms with van der Waals surface area (Å²) in [6, 6.07) is 1.11. The summed E-state index contributed by atoms with van der Waals surface area (Å²) >= 11 is 0. The minimum Gasteiger partial charge on any atom is -1.00 e. The van der Waals surface area contributed by atoms with Crippen LogP contribution in [0.4, 0.5) is 0 Å². The van der Waals surface area contributed by atoms with Crippen LogP contribution >= 0.6 is 0 Å². The average Bonchev–Trinajstić information content (AvgIpc) is 2.92. The van der Waals surface area contributed by atoms with Gasteiger partial charge in [0.25, 0.3) is 0 Å². The summed E-state index contributed by atoms with van der Waals surface area (Å²) in [4.78, 5) is 0. The molecule has 0 atom stereocenters. The fourth-order valence-electron chi connectivity index (χ4n) is 5.90. The third-order valence-corrected chi connectivity index (χ3v) is 10.3. The molecule has 0 saturated heterocycles. The number of hydrogen-bond donors (Lipinski definition) is 0. The van der Waals surface area contributed by atoms with Crippen molar-refractivity contribution in [3.8, 4) is 0 Å². The predicted octanol–water partition coefficient (Wildman–Crippen LogP) is 8.01. The van der Waals surface area contributed by atoms with E-state index in [1.165, 1.54) is 185 Å². The van der Waals surface area contributed by atoms with Gasteiger partial charge in [0.05, 0.1) is 26.7 Å². The predicted molar refractivity (Wildman–Crippen MR) is 172 cm³/mol. The van der Waals surface area contributed by atoms with Crippen molar-refractivity contribution in [1.82, 2.24) is 0 Å². The second-order valence-corrected chi connectivity index (χ2v) is 14.5. The molecule has 1 radical (unpaired) electrons. The van der Waals surface area contributed by atoms with Gasteiger partial charge in [-0.05, 0) is 38.1 Å². The first-order valence-electron chi connectivity index (χ1n) is 17.4. The lowest BCUT2D eigenvalue weighted by Gasteiger charge is -2.35. The third kappa shape index (κ3) is 29.7. The molecule has 39 heavy (non-hydrogen) atoms. The lowest BCUT2D eigenvalue weighted by atomic mass is 10.0. The molecule has 0 N–H and O–H groups in total. The Morgan fingerprint density at radius 2 is 0.667 bits per heavy atom. The van der Waals surface area contributed by atoms with E-state index in [-0.39, 0.29) is 12.4 Å². The van der Waals surface area contributed by atoms with Crippen LogP contribution in [0.1, 0.15) is 174 Å². The summed E-state index contributed by atoms with van der Waals surface area (Å²) < 4.78 is 12.3. The molecular formula is C34H73ClNO2Si. The van der Waals surface area contributed by atoms with Crippen LogP contribution in [0.25, 0.3) is 0 Å². The summed E-state index contributed by atoms with van der Waals surface area (Å²) in [7, 11) is 5.10. The van der Waals surface area contributed by atoms with Gasteiger partial charge in [0.2, 0.25) is 0 Å². The number of halogens is 1. The zero-order chi connectivity index (χ0) is 28.0. The van der Waals surface area contributed by atoms with Gasteiger partial charge >= 0.3 is 9.28 Å². The van der Waals surface area contributed by atoms with Crippen molar-refractivity contribution >= 4 is 9.28 Å². The second kappa shape index (κ2) is 32.9. The first-order valence-corrected chi connectivity index (χ1v) is 18.9. The molecule has 0 fully saturated rings. The Morgan fingerprint density at radius 3 is 0.949 bits per heavy atom. The lowest BCUT2D eigenvalue weighted by molar-refractivity contribution is -0.910. The van der Waals surface area contributed by atoms with Gasteiger partial charge in [-0.15, -0.1) is 0 Å². The van der Waals surface area contributed by atoms with E-state index in [0.29, 0.717) is 0 Å². The number of unbranched alkanes of at least 4 members (excludes halogenated alkanes) is 22. The zero-order valence-electron chi connectivity index (χ0n) is 27.6. The first-order chi connectivity index (χ1) is 18.6. The first kappa shape index (κ1) is 41.5. The molecule has 0 aromatic heterocycles. The molecule has 0 unspecified atom stereocenters. The summed E-state index contributed by atoms with van der Waals surface area (Å²) in [5.74, 6) is 0. The van der Waals surface area contributed by atoms with E-state index in [2.05, 4.69) is 20.9 Å². The maximum Gasteiger partial charge on any atom is 0.384 e. The maximum absolute atomic E-state index is 5.54. The van der Waals surface area contributed by atoms with Crippen molar-refractivity contribution in [2.45, 2.75) is 180 Å². The normalized spacial score (nSPS) is 11.8. The van der Waals surface area contributed by atoms with E-state index < -0.39 is 9.28 Å². The Hall–Kier alpha value is 0.387. The average molecular weight is 592 g/mol. The van der Waals surface area contributed by atoms with E-state index >= 15 is 0 Å². The van der Waals surface area contributed by atoms with Crippen molar-refractivity contribution < 1.29 is 25.7 Å². The van der Waals surface area contributed by atoms with Gasteiger partial charge < -0.3 is 25.7 Å². The minimum atomic E-state index is -1.05. The van der Waals surface area contributed by atoms with Crippen LogP contribution in [0.5, 0.6) is 0 Å². The molecule has 0 aliphatic rings. The topological polar surface area (TPSA) is 18.5 Å². The molecule has 0 aliphatic heterocycles. The van der Waals surface area contributed by atoms with Gasteiger partial charge in [-0.3, -0.25) is 0 Å². The molecule has 0 saturated carbocycles. The highest BCUT2D eigenvalue weighted by atomic mass is 35.5. The molecule has 0 aliphatic carbocycles. The largest absolute Gasteiger partial charge is 1.00 e. The summed E-state index contributed by atoms with van der Waals surface area (Å²) in [5.41, 5.74) is 0. The molecule has 0 aromatic carbocycles. The Kier molecular flexibility index (Phi) is 35.0. The Bertz CT molecular complexity index is 423. The third-order valence-electron chi connectivity index (χ3n) is 8.64. The number of quaternary nitrogens is 1. The number of nitrogens with zero attached hydrogens (tertiary/aromatic N) is 1. The summed E-state index contributed by atoms with van der Waals surface area (Å²) in [5, 5.41) is 0. The van der Waals surface area contributed by atoms with Crippen LogP contribution in [-0.2, 0) is 8.85 Å². The molecule has 237 valence electrons. The highest BCUT2D eigenvalue weighted by molar-refractivity contribution is 6.44. The van der Waals surface area contributed by atoms with Crippen LogP contribution in [0.2, 0.25) is 6.04 Å². The fourth-order valence-corrected chi connectivity index (χ4v) is 6.92. The zero-order valence-corrected chi connectivity index (χ0v) is 29.4. The van der Waals surface area contributed by atoms with Crippen LogP contribution in [0.15, 0.2) is 0 Å². The number of hydrogen-bond acceptors (Lipinski definition) is 2. The van der Waals surface area contributed by atoms with Crippen LogP contribution in [0, 0.1) is 0 Å². The summed E-state index contributed by atoms with van der Waals surface area (Å²) in [6.45, 7) is 8.62. The molecule has 5 heteroatoms. The van der Waals surface area contributed by atoms with Crippen molar-refractivity contribution in [2.24, 2.45) is 0 Å². The standard InChI is InChI=1S/C34H73NO2Si.ClH/c1-6-8-10-12-14-16-18-20-22-24-26-28-31-35(3,33-30-34-38(36-4)37-5)32-29-27-25-23-21-19-17-15-13-11-9-7-2;/h6-34H2,1-5H3;1H/q+1;/p-1. The molecule has 0 bridgehead atoms. The molecule has 0 aromatic rings. The van der Waals surface area contributed by atoms with Crippen LogP contribution in [0.3, 0.4) is 0 Å². The maximum atomic E-state index is 5.54. The molecule has 0 heterocycles. The highest BCUT2D eigenvalue weighted by Crippen LogP contribution is 2.17. The van der Waals surface area contributed by atoms with Crippen molar-refractivity contribution in [1.29, 1.82) is 0 Å². The number of rotatable bonds is 32. The van der Waals surface area contributed by atoms with Gasteiger partial charge in [0.15, 0.2) is 0 Å². The van der Waals surface area contributed by atoms with E-state index in [1.54, 1.807) is 0 Å². The van der Waals surface area contributed by atoms with Gasteiger partial charge in [0, 0.05) is 14.2 Å². The van der Waals surface area contributed by atoms with E-state index in [9.17, 15) is 0 Å². The summed E-state index contributed by atoms with van der Waals surface area (Å²) in [6.07, 6.45) is 35.7. The van der Waals surface area contributed by atoms with Crippen LogP contribution in [-0.4, -0.2) is 54.7 Å². The Labute approximate surface area is 255 Å². The van der Waals surface area contributed by atoms with Gasteiger partial charge in [-0.25, -0.2) is 0 Å². The monoisotopic (exact) mass is 591 g/mol. The fraction of sp³-hybridized carbons (Fsp3) is 1.00. The Balaban J connectivity index is 0. The van der Waals surface area contributed by atoms with Crippen LogP contribution < -0.4 is 12.4 Å². The van der Waals surface area contributed by atoms with Crippen molar-refractivity contribution in [3.05, 3.63) is 0 Å². The Morgan fingerprint density at radius 1 is 0.410 bits per heavy atom. The van der Waals surface area contributed by atoms with E-state index in [4.69, 9.17) is 8.85 Å². The molecule has 3 nitrogen and oxygen atoms in total. The van der Waals surface area contributed by atoms with Gasteiger partial charge in [-0.2, -0.15) is 0 Å². The van der Waals surface area contributed by atoms with Gasteiger partial charge in [-0.1, -0.05) is 142 Å². The molecule has 0 rings (SSSR count).